The van der Waals surface area contributed by atoms with Gasteiger partial charge in [-0.25, -0.2) is 0 Å². The molecule has 4 aromatic rings. The van der Waals surface area contributed by atoms with E-state index in [1.807, 2.05) is 56.3 Å². The van der Waals surface area contributed by atoms with Gasteiger partial charge in [0.1, 0.15) is 5.82 Å². The standard InChI is InChI=1S/C24H24ClN5O2/c1-16-3-8-20(15-17(16)2)29-13-14-30-21(27-28-23(30)24(29)32)9-10-22(31)26-12-11-18-4-6-19(25)7-5-18/h3-8,13-15H,9-12H2,1-2H3,(H,26,31). The van der Waals surface area contributed by atoms with Gasteiger partial charge in [0.15, 0.2) is 0 Å². The predicted molar refractivity (Wildman–Crippen MR) is 125 cm³/mol. The van der Waals surface area contributed by atoms with Crippen molar-refractivity contribution < 1.29 is 4.79 Å². The Kier molecular flexibility index (Phi) is 6.37. The highest BCUT2D eigenvalue weighted by Crippen LogP contribution is 2.13. The number of nitrogens with zero attached hydrogens (tertiary/aromatic N) is 4. The van der Waals surface area contributed by atoms with Crippen LogP contribution in [0, 0.1) is 13.8 Å². The van der Waals surface area contributed by atoms with Gasteiger partial charge < -0.3 is 5.32 Å². The average molecular weight is 450 g/mol. The molecule has 0 aliphatic heterocycles. The topological polar surface area (TPSA) is 81.3 Å². The van der Waals surface area contributed by atoms with E-state index < -0.39 is 0 Å². The van der Waals surface area contributed by atoms with Crippen molar-refractivity contribution in [3.8, 4) is 5.69 Å². The zero-order valence-corrected chi connectivity index (χ0v) is 18.8. The van der Waals surface area contributed by atoms with Crippen LogP contribution >= 0.6 is 11.6 Å². The van der Waals surface area contributed by atoms with Crippen LogP contribution in [0.15, 0.2) is 59.7 Å². The van der Waals surface area contributed by atoms with Gasteiger partial charge in [0.2, 0.25) is 11.6 Å². The van der Waals surface area contributed by atoms with Crippen LogP contribution in [0.3, 0.4) is 0 Å². The molecular formula is C24H24ClN5O2. The molecule has 2 heterocycles. The van der Waals surface area contributed by atoms with Crippen molar-refractivity contribution in [3.63, 3.8) is 0 Å². The second-order valence-corrected chi connectivity index (χ2v) is 8.21. The number of benzene rings is 2. The largest absolute Gasteiger partial charge is 0.356 e. The van der Waals surface area contributed by atoms with Crippen molar-refractivity contribution in [2.45, 2.75) is 33.1 Å². The van der Waals surface area contributed by atoms with Gasteiger partial charge in [-0.1, -0.05) is 29.8 Å². The van der Waals surface area contributed by atoms with Crippen LogP contribution in [-0.4, -0.2) is 31.6 Å². The molecule has 0 bridgehead atoms. The summed E-state index contributed by atoms with van der Waals surface area (Å²) in [6.45, 7) is 4.59. The van der Waals surface area contributed by atoms with E-state index in [1.54, 1.807) is 21.4 Å². The molecule has 0 radical (unpaired) electrons. The van der Waals surface area contributed by atoms with Gasteiger partial charge in [-0.15, -0.1) is 10.2 Å². The molecule has 32 heavy (non-hydrogen) atoms. The molecule has 2 aromatic carbocycles. The molecule has 7 nitrogen and oxygen atoms in total. The lowest BCUT2D eigenvalue weighted by Crippen LogP contribution is -2.26. The van der Waals surface area contributed by atoms with Gasteiger partial charge in [-0.05, 0) is 61.2 Å². The lowest BCUT2D eigenvalue weighted by molar-refractivity contribution is -0.121. The maximum absolute atomic E-state index is 12.9. The van der Waals surface area contributed by atoms with Crippen molar-refractivity contribution in [2.24, 2.45) is 0 Å². The van der Waals surface area contributed by atoms with E-state index in [2.05, 4.69) is 15.5 Å². The number of nitrogens with one attached hydrogen (secondary N) is 1. The average Bonchev–Trinajstić information content (AvgIpc) is 3.20. The first-order valence-electron chi connectivity index (χ1n) is 10.5. The summed E-state index contributed by atoms with van der Waals surface area (Å²) in [4.78, 5) is 25.2. The fraction of sp³-hybridized carbons (Fsp3) is 0.250. The van der Waals surface area contributed by atoms with E-state index in [0.29, 0.717) is 23.8 Å². The van der Waals surface area contributed by atoms with E-state index in [4.69, 9.17) is 11.6 Å². The fourth-order valence-electron chi connectivity index (χ4n) is 3.50. The van der Waals surface area contributed by atoms with Gasteiger partial charge in [0.05, 0.1) is 0 Å². The Morgan fingerprint density at radius 3 is 2.53 bits per heavy atom. The molecule has 0 fully saturated rings. The molecule has 0 aliphatic rings. The van der Waals surface area contributed by atoms with Crippen LogP contribution in [0.4, 0.5) is 0 Å². The molecule has 1 N–H and O–H groups in total. The number of hydrogen-bond acceptors (Lipinski definition) is 4. The minimum atomic E-state index is -0.248. The normalized spacial score (nSPS) is 11.1. The minimum Gasteiger partial charge on any atom is -0.356 e. The number of halogens is 1. The quantitative estimate of drug-likeness (QED) is 0.468. The van der Waals surface area contributed by atoms with E-state index in [1.165, 1.54) is 5.56 Å². The summed E-state index contributed by atoms with van der Waals surface area (Å²) in [7, 11) is 0. The minimum absolute atomic E-state index is 0.0702. The van der Waals surface area contributed by atoms with E-state index in [0.717, 1.165) is 23.2 Å². The Hall–Kier alpha value is -3.45. The van der Waals surface area contributed by atoms with Crippen LogP contribution in [0.1, 0.15) is 28.9 Å². The lowest BCUT2D eigenvalue weighted by Gasteiger charge is -2.09. The summed E-state index contributed by atoms with van der Waals surface area (Å²) in [5.74, 6) is 0.511. The summed E-state index contributed by atoms with van der Waals surface area (Å²) in [5.41, 5.74) is 4.16. The highest BCUT2D eigenvalue weighted by molar-refractivity contribution is 6.30. The number of aryl methyl sites for hydroxylation is 3. The summed E-state index contributed by atoms with van der Waals surface area (Å²) in [5, 5.41) is 11.8. The van der Waals surface area contributed by atoms with Crippen molar-refractivity contribution in [1.82, 2.24) is 24.5 Å². The zero-order valence-electron chi connectivity index (χ0n) is 18.0. The third-order valence-electron chi connectivity index (χ3n) is 5.53. The molecule has 4 rings (SSSR count). The van der Waals surface area contributed by atoms with Crippen molar-refractivity contribution in [2.75, 3.05) is 6.54 Å². The number of carbonyl (C=O) groups is 1. The van der Waals surface area contributed by atoms with Gasteiger partial charge in [-0.3, -0.25) is 18.6 Å². The Balaban J connectivity index is 1.40. The Morgan fingerprint density at radius 2 is 1.78 bits per heavy atom. The third-order valence-corrected chi connectivity index (χ3v) is 5.79. The van der Waals surface area contributed by atoms with Gasteiger partial charge in [-0.2, -0.15) is 0 Å². The number of amides is 1. The summed E-state index contributed by atoms with van der Waals surface area (Å²) in [6.07, 6.45) is 4.86. The number of carbonyl (C=O) groups excluding carboxylic acids is 1. The molecule has 164 valence electrons. The first-order chi connectivity index (χ1) is 15.4. The van der Waals surface area contributed by atoms with Crippen LogP contribution < -0.4 is 10.9 Å². The monoisotopic (exact) mass is 449 g/mol. The molecule has 0 saturated heterocycles. The second-order valence-electron chi connectivity index (χ2n) is 7.78. The predicted octanol–water partition coefficient (Wildman–Crippen LogP) is 3.44. The highest BCUT2D eigenvalue weighted by atomic mass is 35.5. The van der Waals surface area contributed by atoms with E-state index >= 15 is 0 Å². The molecule has 0 atom stereocenters. The first-order valence-corrected chi connectivity index (χ1v) is 10.8. The van der Waals surface area contributed by atoms with Crippen molar-refractivity contribution in [3.05, 3.63) is 92.7 Å². The van der Waals surface area contributed by atoms with Crippen LogP contribution in [-0.2, 0) is 17.6 Å². The lowest BCUT2D eigenvalue weighted by atomic mass is 10.1. The first kappa shape index (κ1) is 21.8. The smallest absolute Gasteiger partial charge is 0.300 e. The number of aromatic nitrogens is 4. The molecule has 1 amide bonds. The highest BCUT2D eigenvalue weighted by Gasteiger charge is 2.13. The molecule has 0 spiro atoms. The second kappa shape index (κ2) is 9.36. The Labute approximate surface area is 190 Å². The fourth-order valence-corrected chi connectivity index (χ4v) is 3.62. The summed E-state index contributed by atoms with van der Waals surface area (Å²) >= 11 is 5.89. The maximum atomic E-state index is 12.9. The van der Waals surface area contributed by atoms with Crippen LogP contribution in [0.2, 0.25) is 5.02 Å². The number of hydrogen-bond donors (Lipinski definition) is 1. The Morgan fingerprint density at radius 1 is 1.00 bits per heavy atom. The molecule has 0 unspecified atom stereocenters. The molecule has 8 heteroatoms. The SMILES string of the molecule is Cc1ccc(-n2ccn3c(CCC(=O)NCCc4ccc(Cl)cc4)nnc3c2=O)cc1C. The number of fused-ring (bicyclic) bond motifs is 1. The third kappa shape index (κ3) is 4.73. The van der Waals surface area contributed by atoms with Crippen molar-refractivity contribution in [1.29, 1.82) is 0 Å². The van der Waals surface area contributed by atoms with Crippen LogP contribution in [0.25, 0.3) is 11.3 Å². The molecule has 0 aliphatic carbocycles. The van der Waals surface area contributed by atoms with Gasteiger partial charge in [0.25, 0.3) is 0 Å². The molecular weight excluding hydrogens is 426 g/mol. The van der Waals surface area contributed by atoms with E-state index in [9.17, 15) is 9.59 Å². The van der Waals surface area contributed by atoms with Gasteiger partial charge in [0, 0.05) is 42.5 Å². The summed E-state index contributed by atoms with van der Waals surface area (Å²) < 4.78 is 3.21. The van der Waals surface area contributed by atoms with Crippen molar-refractivity contribution >= 4 is 23.2 Å². The van der Waals surface area contributed by atoms with Crippen LogP contribution in [0.5, 0.6) is 0 Å². The Bertz CT molecular complexity index is 1320. The summed E-state index contributed by atoms with van der Waals surface area (Å²) in [6, 6.07) is 13.4. The zero-order chi connectivity index (χ0) is 22.7. The molecule has 2 aromatic heterocycles. The number of rotatable bonds is 7. The van der Waals surface area contributed by atoms with Gasteiger partial charge >= 0.3 is 5.56 Å². The molecule has 0 saturated carbocycles. The maximum Gasteiger partial charge on any atom is 0.300 e. The van der Waals surface area contributed by atoms with E-state index in [-0.39, 0.29) is 23.5 Å².